The summed E-state index contributed by atoms with van der Waals surface area (Å²) in [5.41, 5.74) is 2.12. The molecule has 0 aliphatic carbocycles. The minimum atomic E-state index is -0.358. The maximum absolute atomic E-state index is 13.2. The predicted octanol–water partition coefficient (Wildman–Crippen LogP) is 3.39. The van der Waals surface area contributed by atoms with E-state index >= 15 is 0 Å². The summed E-state index contributed by atoms with van der Waals surface area (Å²) in [6.45, 7) is 1.49. The SMILES string of the molecule is O=C(NCc1ccc(F)cc1)c1cn(CC2CCCO2)cc2c(=O)n(-c3ccccc3)nc1-2. The second-order valence-corrected chi connectivity index (χ2v) is 8.13. The number of ether oxygens (including phenoxy) is 1. The van der Waals surface area contributed by atoms with Crippen molar-refractivity contribution in [2.45, 2.75) is 32.0 Å². The van der Waals surface area contributed by atoms with E-state index in [-0.39, 0.29) is 29.9 Å². The van der Waals surface area contributed by atoms with E-state index < -0.39 is 0 Å². The van der Waals surface area contributed by atoms with E-state index in [9.17, 15) is 14.0 Å². The van der Waals surface area contributed by atoms with Crippen LogP contribution < -0.4 is 10.9 Å². The summed E-state index contributed by atoms with van der Waals surface area (Å²) in [5.74, 6) is -0.692. The third kappa shape index (κ3) is 4.42. The van der Waals surface area contributed by atoms with Crippen molar-refractivity contribution in [3.63, 3.8) is 0 Å². The quantitative estimate of drug-likeness (QED) is 0.493. The Balaban J connectivity index is 1.52. The molecule has 0 radical (unpaired) electrons. The van der Waals surface area contributed by atoms with E-state index in [4.69, 9.17) is 4.74 Å². The van der Waals surface area contributed by atoms with E-state index in [0.29, 0.717) is 29.1 Å². The van der Waals surface area contributed by atoms with Crippen molar-refractivity contribution in [2.24, 2.45) is 0 Å². The van der Waals surface area contributed by atoms with Gasteiger partial charge in [0.1, 0.15) is 11.5 Å². The largest absolute Gasteiger partial charge is 0.376 e. The van der Waals surface area contributed by atoms with Gasteiger partial charge in [-0.15, -0.1) is 0 Å². The summed E-state index contributed by atoms with van der Waals surface area (Å²) >= 11 is 0. The molecular weight excluding hydrogens is 423 g/mol. The van der Waals surface area contributed by atoms with Gasteiger partial charge in [-0.05, 0) is 42.7 Å². The number of amides is 1. The van der Waals surface area contributed by atoms with Gasteiger partial charge in [-0.1, -0.05) is 30.3 Å². The molecule has 2 aromatic rings. The predicted molar refractivity (Wildman–Crippen MR) is 121 cm³/mol. The van der Waals surface area contributed by atoms with Crippen LogP contribution in [0.3, 0.4) is 0 Å². The Hall–Kier alpha value is -3.78. The van der Waals surface area contributed by atoms with Gasteiger partial charge >= 0.3 is 0 Å². The first-order valence-electron chi connectivity index (χ1n) is 10.9. The van der Waals surface area contributed by atoms with Crippen molar-refractivity contribution in [1.29, 1.82) is 0 Å². The van der Waals surface area contributed by atoms with Gasteiger partial charge in [0, 0.05) is 32.1 Å². The molecule has 1 saturated heterocycles. The molecule has 7 nitrogen and oxygen atoms in total. The molecule has 1 amide bonds. The molecule has 0 saturated carbocycles. The molecule has 3 aliphatic rings. The van der Waals surface area contributed by atoms with E-state index in [2.05, 4.69) is 10.4 Å². The molecule has 2 aromatic carbocycles. The Labute approximate surface area is 189 Å². The fourth-order valence-electron chi connectivity index (χ4n) is 4.08. The van der Waals surface area contributed by atoms with Crippen molar-refractivity contribution in [3.8, 4) is 16.9 Å². The number of para-hydroxylation sites is 1. The molecule has 3 aliphatic heterocycles. The van der Waals surface area contributed by atoms with Crippen LogP contribution in [0.25, 0.3) is 16.9 Å². The third-order valence-corrected chi connectivity index (χ3v) is 5.77. The van der Waals surface area contributed by atoms with Crippen LogP contribution in [-0.4, -0.2) is 33.0 Å². The Morgan fingerprint density at radius 3 is 2.64 bits per heavy atom. The third-order valence-electron chi connectivity index (χ3n) is 5.77. The van der Waals surface area contributed by atoms with E-state index in [0.717, 1.165) is 25.0 Å². The molecule has 33 heavy (non-hydrogen) atoms. The van der Waals surface area contributed by atoms with Crippen LogP contribution in [-0.2, 0) is 17.8 Å². The number of fused-ring (bicyclic) bond motifs is 1. The number of halogens is 1. The zero-order chi connectivity index (χ0) is 22.8. The second kappa shape index (κ2) is 8.99. The molecule has 168 valence electrons. The zero-order valence-electron chi connectivity index (χ0n) is 17.9. The molecule has 0 aromatic heterocycles. The summed E-state index contributed by atoms with van der Waals surface area (Å²) in [4.78, 5) is 26.4. The number of hydrogen-bond acceptors (Lipinski definition) is 4. The Bertz CT molecular complexity index is 1290. The van der Waals surface area contributed by atoms with Crippen LogP contribution in [0, 0.1) is 5.82 Å². The number of carbonyl (C=O) groups is 1. The Kier molecular flexibility index (Phi) is 5.75. The average molecular weight is 446 g/mol. The molecule has 1 fully saturated rings. The lowest BCUT2D eigenvalue weighted by molar-refractivity contribution is 0.0935. The highest BCUT2D eigenvalue weighted by Crippen LogP contribution is 2.24. The van der Waals surface area contributed by atoms with Crippen molar-refractivity contribution in [1.82, 2.24) is 19.7 Å². The highest BCUT2D eigenvalue weighted by molar-refractivity contribution is 5.99. The number of hydrogen-bond donors (Lipinski definition) is 1. The number of aromatic nitrogens is 3. The van der Waals surface area contributed by atoms with Crippen molar-refractivity contribution < 1.29 is 13.9 Å². The monoisotopic (exact) mass is 446 g/mol. The van der Waals surface area contributed by atoms with Crippen LogP contribution in [0.15, 0.2) is 71.8 Å². The van der Waals surface area contributed by atoms with Gasteiger partial charge in [-0.25, -0.2) is 4.39 Å². The number of nitrogens with one attached hydrogen (secondary N) is 1. The number of carbonyl (C=O) groups excluding carboxylic acids is 1. The molecule has 1 atom stereocenters. The minimum Gasteiger partial charge on any atom is -0.376 e. The van der Waals surface area contributed by atoms with Gasteiger partial charge < -0.3 is 14.6 Å². The van der Waals surface area contributed by atoms with E-state index in [1.807, 2.05) is 22.8 Å². The molecule has 0 bridgehead atoms. The summed E-state index contributed by atoms with van der Waals surface area (Å²) in [6, 6.07) is 15.0. The number of pyridine rings is 1. The maximum Gasteiger partial charge on any atom is 0.282 e. The van der Waals surface area contributed by atoms with Crippen LogP contribution in [0.1, 0.15) is 28.8 Å². The first kappa shape index (κ1) is 21.1. The van der Waals surface area contributed by atoms with Gasteiger partial charge in [-0.3, -0.25) is 9.59 Å². The highest BCUT2D eigenvalue weighted by atomic mass is 19.1. The average Bonchev–Trinajstić information content (AvgIpc) is 3.47. The molecule has 1 unspecified atom stereocenters. The fourth-order valence-corrected chi connectivity index (χ4v) is 4.08. The van der Waals surface area contributed by atoms with Gasteiger partial charge in [0.25, 0.3) is 11.5 Å². The molecule has 8 heteroatoms. The first-order valence-corrected chi connectivity index (χ1v) is 10.9. The van der Waals surface area contributed by atoms with Crippen LogP contribution >= 0.6 is 0 Å². The smallest absolute Gasteiger partial charge is 0.282 e. The Morgan fingerprint density at radius 2 is 1.91 bits per heavy atom. The van der Waals surface area contributed by atoms with Crippen LogP contribution in [0.2, 0.25) is 0 Å². The zero-order valence-corrected chi connectivity index (χ0v) is 17.9. The topological polar surface area (TPSA) is 78.2 Å². The van der Waals surface area contributed by atoms with Gasteiger partial charge in [0.05, 0.1) is 22.9 Å². The van der Waals surface area contributed by atoms with Crippen molar-refractivity contribution >= 4 is 5.91 Å². The van der Waals surface area contributed by atoms with Gasteiger partial charge in [0.2, 0.25) is 0 Å². The van der Waals surface area contributed by atoms with Crippen LogP contribution in [0.4, 0.5) is 4.39 Å². The molecule has 0 spiro atoms. The maximum atomic E-state index is 13.2. The molecule has 5 rings (SSSR count). The molecule has 3 heterocycles. The van der Waals surface area contributed by atoms with Crippen LogP contribution in [0.5, 0.6) is 0 Å². The number of rotatable bonds is 6. The molecule has 1 N–H and O–H groups in total. The van der Waals surface area contributed by atoms with Crippen molar-refractivity contribution in [3.05, 3.63) is 94.3 Å². The summed E-state index contributed by atoms with van der Waals surface area (Å²) in [5, 5.41) is 7.35. The lowest BCUT2D eigenvalue weighted by atomic mass is 10.1. The lowest BCUT2D eigenvalue weighted by Gasteiger charge is -2.16. The first-order chi connectivity index (χ1) is 16.1. The molecular formula is C25H23FN4O3. The van der Waals surface area contributed by atoms with E-state index in [1.165, 1.54) is 16.8 Å². The summed E-state index contributed by atoms with van der Waals surface area (Å²) in [6.07, 6.45) is 5.43. The van der Waals surface area contributed by atoms with Crippen molar-refractivity contribution in [2.75, 3.05) is 6.61 Å². The van der Waals surface area contributed by atoms with E-state index in [1.54, 1.807) is 36.7 Å². The number of nitrogens with zero attached hydrogens (tertiary/aromatic N) is 3. The minimum absolute atomic E-state index is 0.0434. The summed E-state index contributed by atoms with van der Waals surface area (Å²) < 4.78 is 22.1. The van der Waals surface area contributed by atoms with Gasteiger partial charge in [0.15, 0.2) is 0 Å². The second-order valence-electron chi connectivity index (χ2n) is 8.13. The lowest BCUT2D eigenvalue weighted by Crippen LogP contribution is -2.25. The fraction of sp³-hybridized carbons (Fsp3) is 0.240. The summed E-state index contributed by atoms with van der Waals surface area (Å²) in [7, 11) is 0. The normalized spacial score (nSPS) is 15.7. The standard InChI is InChI=1S/C25H23FN4O3/c26-18-10-8-17(9-11-18)13-27-24(31)21-15-29(14-20-7-4-12-33-20)16-22-23(21)28-30(25(22)32)19-5-2-1-3-6-19/h1-3,5-6,8-11,15-16,20H,4,7,12-14H2,(H,27,31). The Morgan fingerprint density at radius 1 is 1.12 bits per heavy atom. The van der Waals surface area contributed by atoms with Gasteiger partial charge in [-0.2, -0.15) is 9.78 Å². The highest BCUT2D eigenvalue weighted by Gasteiger charge is 2.25. The number of benzene rings is 2.